The van der Waals surface area contributed by atoms with Crippen LogP contribution in [-0.2, 0) is 5.41 Å². The molecule has 4 aliphatic rings. The van der Waals surface area contributed by atoms with Crippen molar-refractivity contribution < 1.29 is 14.6 Å². The van der Waals surface area contributed by atoms with E-state index in [-0.39, 0.29) is 0 Å². The zero-order valence-corrected chi connectivity index (χ0v) is 17.9. The van der Waals surface area contributed by atoms with Crippen LogP contribution in [0.4, 0.5) is 0 Å². The lowest BCUT2D eigenvalue weighted by atomic mass is 9.48. The monoisotopic (exact) mass is 412 g/mol. The highest BCUT2D eigenvalue weighted by Gasteiger charge is 2.51. The smallest absolute Gasteiger partial charge is 0.335 e. The van der Waals surface area contributed by atoms with E-state index < -0.39 is 5.97 Å². The van der Waals surface area contributed by atoms with Crippen molar-refractivity contribution in [3.8, 4) is 16.9 Å². The first-order chi connectivity index (χ1) is 15.0. The van der Waals surface area contributed by atoms with Crippen molar-refractivity contribution in [3.63, 3.8) is 0 Å². The van der Waals surface area contributed by atoms with Crippen LogP contribution in [0.2, 0.25) is 0 Å². The van der Waals surface area contributed by atoms with Gasteiger partial charge in [-0.05, 0) is 114 Å². The standard InChI is InChI=1S/C28H28O3/c1-31-26-7-6-24(28-14-17-8-18(15-28)10-19(9-17)16-28)13-25(26)22-4-2-21-12-23(27(29)30)5-3-20(21)11-22/h2-7,11-13,17-19H,8-10,14-16H2,1H3,(H,29,30). The highest BCUT2D eigenvalue weighted by Crippen LogP contribution is 2.61. The molecule has 0 unspecified atom stereocenters. The van der Waals surface area contributed by atoms with Gasteiger partial charge >= 0.3 is 5.97 Å². The molecule has 1 N–H and O–H groups in total. The van der Waals surface area contributed by atoms with Crippen LogP contribution < -0.4 is 4.74 Å². The quantitative estimate of drug-likeness (QED) is 0.520. The maximum Gasteiger partial charge on any atom is 0.335 e. The lowest BCUT2D eigenvalue weighted by Gasteiger charge is -2.57. The molecule has 158 valence electrons. The van der Waals surface area contributed by atoms with Crippen molar-refractivity contribution in [3.05, 3.63) is 65.7 Å². The van der Waals surface area contributed by atoms with E-state index in [1.807, 2.05) is 12.1 Å². The second-order valence-electron chi connectivity index (χ2n) is 10.2. The largest absolute Gasteiger partial charge is 0.496 e. The molecular formula is C28H28O3. The summed E-state index contributed by atoms with van der Waals surface area (Å²) in [6.45, 7) is 0. The Morgan fingerprint density at radius 2 is 1.52 bits per heavy atom. The fraction of sp³-hybridized carbons (Fsp3) is 0.393. The second kappa shape index (κ2) is 6.85. The van der Waals surface area contributed by atoms with E-state index in [4.69, 9.17) is 4.74 Å². The first-order valence-electron chi connectivity index (χ1n) is 11.5. The topological polar surface area (TPSA) is 46.5 Å². The number of hydrogen-bond donors (Lipinski definition) is 1. The summed E-state index contributed by atoms with van der Waals surface area (Å²) < 4.78 is 5.76. The molecule has 4 bridgehead atoms. The van der Waals surface area contributed by atoms with Crippen LogP contribution >= 0.6 is 0 Å². The summed E-state index contributed by atoms with van der Waals surface area (Å²) in [4.78, 5) is 11.3. The number of carbonyl (C=O) groups is 1. The number of benzene rings is 3. The molecule has 0 aliphatic heterocycles. The Labute approximate surface area is 183 Å². The highest BCUT2D eigenvalue weighted by molar-refractivity contribution is 5.96. The summed E-state index contributed by atoms with van der Waals surface area (Å²) in [5, 5.41) is 11.3. The van der Waals surface area contributed by atoms with Crippen LogP contribution in [-0.4, -0.2) is 18.2 Å². The van der Waals surface area contributed by atoms with Crippen LogP contribution in [0.1, 0.15) is 54.4 Å². The number of carboxylic acids is 1. The summed E-state index contributed by atoms with van der Waals surface area (Å²) in [5.74, 6) is 2.76. The number of ether oxygens (including phenoxy) is 1. The molecule has 3 heteroatoms. The molecular weight excluding hydrogens is 384 g/mol. The first kappa shape index (κ1) is 18.9. The third-order valence-corrected chi connectivity index (χ3v) is 8.25. The molecule has 31 heavy (non-hydrogen) atoms. The summed E-state index contributed by atoms with van der Waals surface area (Å²) in [6.07, 6.45) is 8.39. The third kappa shape index (κ3) is 3.05. The van der Waals surface area contributed by atoms with Gasteiger partial charge in [0.1, 0.15) is 5.75 Å². The Bertz CT molecular complexity index is 1160. The molecule has 0 aromatic heterocycles. The van der Waals surface area contributed by atoms with Gasteiger partial charge < -0.3 is 9.84 Å². The molecule has 3 aromatic rings. The van der Waals surface area contributed by atoms with Crippen LogP contribution in [0.25, 0.3) is 21.9 Å². The number of methoxy groups -OCH3 is 1. The molecule has 0 heterocycles. The Kier molecular flexibility index (Phi) is 4.18. The van der Waals surface area contributed by atoms with Crippen molar-refractivity contribution in [1.82, 2.24) is 0 Å². The minimum Gasteiger partial charge on any atom is -0.496 e. The maximum absolute atomic E-state index is 11.3. The fourth-order valence-electron chi connectivity index (χ4n) is 7.27. The van der Waals surface area contributed by atoms with Crippen molar-refractivity contribution in [2.45, 2.75) is 43.9 Å². The Balaban J connectivity index is 1.43. The average molecular weight is 413 g/mol. The zero-order chi connectivity index (χ0) is 21.2. The lowest BCUT2D eigenvalue weighted by Crippen LogP contribution is -2.48. The van der Waals surface area contributed by atoms with Crippen molar-refractivity contribution in [2.75, 3.05) is 7.11 Å². The lowest BCUT2D eigenvalue weighted by molar-refractivity contribution is -0.00518. The molecule has 0 spiro atoms. The summed E-state index contributed by atoms with van der Waals surface area (Å²) in [6, 6.07) is 18.4. The molecule has 0 amide bonds. The molecule has 7 rings (SSSR count). The minimum absolute atomic E-state index is 0.321. The molecule has 3 nitrogen and oxygen atoms in total. The number of rotatable bonds is 4. The van der Waals surface area contributed by atoms with E-state index in [2.05, 4.69) is 30.3 Å². The van der Waals surface area contributed by atoms with E-state index in [0.29, 0.717) is 11.0 Å². The van der Waals surface area contributed by atoms with Gasteiger partial charge in [0, 0.05) is 5.56 Å². The van der Waals surface area contributed by atoms with Gasteiger partial charge in [0.05, 0.1) is 12.7 Å². The number of aromatic carboxylic acids is 1. The molecule has 0 atom stereocenters. The number of carboxylic acid groups (broad SMARTS) is 1. The second-order valence-corrected chi connectivity index (χ2v) is 10.2. The van der Waals surface area contributed by atoms with Crippen LogP contribution in [0, 0.1) is 17.8 Å². The fourth-order valence-corrected chi connectivity index (χ4v) is 7.27. The van der Waals surface area contributed by atoms with Crippen LogP contribution in [0.3, 0.4) is 0 Å². The molecule has 4 aliphatic carbocycles. The van der Waals surface area contributed by atoms with Crippen molar-refractivity contribution in [2.24, 2.45) is 17.8 Å². The summed E-state index contributed by atoms with van der Waals surface area (Å²) >= 11 is 0. The van der Waals surface area contributed by atoms with E-state index in [1.54, 1.807) is 19.2 Å². The van der Waals surface area contributed by atoms with Crippen molar-refractivity contribution >= 4 is 16.7 Å². The number of fused-ring (bicyclic) bond motifs is 1. The van der Waals surface area contributed by atoms with Gasteiger partial charge in [0.2, 0.25) is 0 Å². The molecule has 0 saturated heterocycles. The highest BCUT2D eigenvalue weighted by atomic mass is 16.5. The molecule has 3 aromatic carbocycles. The predicted octanol–water partition coefficient (Wildman–Crippen LogP) is 6.68. The van der Waals surface area contributed by atoms with E-state index >= 15 is 0 Å². The summed E-state index contributed by atoms with van der Waals surface area (Å²) in [5.41, 5.74) is 4.42. The Morgan fingerprint density at radius 3 is 2.16 bits per heavy atom. The maximum atomic E-state index is 11.3. The molecule has 4 saturated carbocycles. The van der Waals surface area contributed by atoms with Gasteiger partial charge in [-0.1, -0.05) is 24.3 Å². The molecule has 4 fully saturated rings. The minimum atomic E-state index is -0.893. The van der Waals surface area contributed by atoms with Gasteiger partial charge in [-0.2, -0.15) is 0 Å². The van der Waals surface area contributed by atoms with E-state index in [9.17, 15) is 9.90 Å². The van der Waals surface area contributed by atoms with E-state index in [1.165, 1.54) is 44.1 Å². The predicted molar refractivity (Wildman–Crippen MR) is 123 cm³/mol. The first-order valence-corrected chi connectivity index (χ1v) is 11.5. The van der Waals surface area contributed by atoms with Gasteiger partial charge in [-0.25, -0.2) is 4.79 Å². The van der Waals surface area contributed by atoms with Gasteiger partial charge in [-0.15, -0.1) is 0 Å². The van der Waals surface area contributed by atoms with E-state index in [0.717, 1.165) is 45.4 Å². The normalized spacial score (nSPS) is 28.7. The van der Waals surface area contributed by atoms with Gasteiger partial charge in [0.15, 0.2) is 0 Å². The third-order valence-electron chi connectivity index (χ3n) is 8.25. The van der Waals surface area contributed by atoms with Crippen LogP contribution in [0.15, 0.2) is 54.6 Å². The van der Waals surface area contributed by atoms with Gasteiger partial charge in [-0.3, -0.25) is 0 Å². The number of hydrogen-bond acceptors (Lipinski definition) is 2. The van der Waals surface area contributed by atoms with Gasteiger partial charge in [0.25, 0.3) is 0 Å². The SMILES string of the molecule is COc1ccc(C23CC4CC(CC(C4)C2)C3)cc1-c1ccc2cc(C(=O)O)ccc2c1. The zero-order valence-electron chi connectivity index (χ0n) is 17.9. The average Bonchev–Trinajstić information content (AvgIpc) is 2.77. The van der Waals surface area contributed by atoms with Crippen LogP contribution in [0.5, 0.6) is 5.75 Å². The van der Waals surface area contributed by atoms with Crippen molar-refractivity contribution in [1.29, 1.82) is 0 Å². The Morgan fingerprint density at radius 1 is 0.871 bits per heavy atom. The summed E-state index contributed by atoms with van der Waals surface area (Å²) in [7, 11) is 1.74. The Hall–Kier alpha value is -2.81. The molecule has 0 radical (unpaired) electrons.